The number of rotatable bonds is 10. The Morgan fingerprint density at radius 3 is 2.23 bits per heavy atom. The van der Waals surface area contributed by atoms with E-state index in [-0.39, 0.29) is 12.1 Å². The molecule has 0 N–H and O–H groups in total. The quantitative estimate of drug-likeness (QED) is 0.293. The van der Waals surface area contributed by atoms with Gasteiger partial charge in [-0.1, -0.05) is 87.9 Å². The first-order chi connectivity index (χ1) is 14.7. The Morgan fingerprint density at radius 2 is 1.57 bits per heavy atom. The maximum Gasteiger partial charge on any atom is 0.338 e. The van der Waals surface area contributed by atoms with Crippen molar-refractivity contribution in [3.05, 3.63) is 71.3 Å². The number of ether oxygens (including phenoxy) is 1. The summed E-state index contributed by atoms with van der Waals surface area (Å²) < 4.78 is 5.64. The third-order valence-electron chi connectivity index (χ3n) is 6.73. The van der Waals surface area contributed by atoms with Crippen LogP contribution in [0.3, 0.4) is 0 Å². The van der Waals surface area contributed by atoms with Crippen molar-refractivity contribution >= 4 is 5.97 Å². The first-order valence-corrected chi connectivity index (χ1v) is 12.0. The zero-order chi connectivity index (χ0) is 21.2. The minimum atomic E-state index is -0.246. The predicted octanol–water partition coefficient (Wildman–Crippen LogP) is 8.24. The molecule has 0 bridgehead atoms. The third-order valence-corrected chi connectivity index (χ3v) is 6.73. The van der Waals surface area contributed by atoms with Crippen molar-refractivity contribution in [2.75, 3.05) is 0 Å². The molecule has 2 heteroatoms. The zero-order valence-corrected chi connectivity index (χ0v) is 18.8. The van der Waals surface area contributed by atoms with Crippen LogP contribution >= 0.6 is 0 Å². The van der Waals surface area contributed by atoms with Crippen molar-refractivity contribution in [3.8, 4) is 0 Å². The summed E-state index contributed by atoms with van der Waals surface area (Å²) >= 11 is 0. The van der Waals surface area contributed by atoms with Crippen LogP contribution in [0.5, 0.6) is 0 Å². The van der Waals surface area contributed by atoms with E-state index in [1.54, 1.807) is 0 Å². The maximum atomic E-state index is 12.5. The van der Waals surface area contributed by atoms with Crippen molar-refractivity contribution in [3.63, 3.8) is 0 Å². The SMILES string of the molecule is CCCCCCC[C@H]1CC[C@H](c2ccc(C(=O)OC(C)c3ccccc3)cc2)CC1. The Morgan fingerprint density at radius 1 is 0.900 bits per heavy atom. The second-order valence-corrected chi connectivity index (χ2v) is 9.00. The molecule has 0 aliphatic heterocycles. The Kier molecular flexibility index (Phi) is 8.99. The van der Waals surface area contributed by atoms with Gasteiger partial charge in [-0.15, -0.1) is 0 Å². The van der Waals surface area contributed by atoms with Crippen LogP contribution in [-0.2, 0) is 4.74 Å². The number of esters is 1. The molecule has 1 unspecified atom stereocenters. The molecule has 0 radical (unpaired) electrons. The van der Waals surface area contributed by atoms with Gasteiger partial charge < -0.3 is 4.74 Å². The van der Waals surface area contributed by atoms with Crippen LogP contribution in [0.1, 0.15) is 112 Å². The summed E-state index contributed by atoms with van der Waals surface area (Å²) in [5.74, 6) is 1.33. The van der Waals surface area contributed by atoms with E-state index in [9.17, 15) is 4.79 Å². The van der Waals surface area contributed by atoms with Crippen molar-refractivity contribution < 1.29 is 9.53 Å². The lowest BCUT2D eigenvalue weighted by molar-refractivity contribution is 0.0338. The molecule has 3 rings (SSSR count). The van der Waals surface area contributed by atoms with Crippen LogP contribution in [0, 0.1) is 5.92 Å². The molecule has 1 atom stereocenters. The largest absolute Gasteiger partial charge is 0.454 e. The highest BCUT2D eigenvalue weighted by Crippen LogP contribution is 2.38. The van der Waals surface area contributed by atoms with Gasteiger partial charge in [0.1, 0.15) is 6.10 Å². The summed E-state index contributed by atoms with van der Waals surface area (Å²) in [5, 5.41) is 0. The van der Waals surface area contributed by atoms with Crippen molar-refractivity contribution in [2.45, 2.75) is 90.1 Å². The predicted molar refractivity (Wildman–Crippen MR) is 125 cm³/mol. The van der Waals surface area contributed by atoms with Gasteiger partial charge in [0.05, 0.1) is 5.56 Å². The van der Waals surface area contributed by atoms with Crippen LogP contribution in [0.15, 0.2) is 54.6 Å². The van der Waals surface area contributed by atoms with Gasteiger partial charge in [-0.05, 0) is 67.7 Å². The fourth-order valence-corrected chi connectivity index (χ4v) is 4.73. The Balaban J connectivity index is 1.44. The smallest absolute Gasteiger partial charge is 0.338 e. The van der Waals surface area contributed by atoms with Crippen molar-refractivity contribution in [1.29, 1.82) is 0 Å². The van der Waals surface area contributed by atoms with Gasteiger partial charge in [0.15, 0.2) is 0 Å². The average Bonchev–Trinajstić information content (AvgIpc) is 2.80. The molecule has 1 aliphatic rings. The second-order valence-electron chi connectivity index (χ2n) is 9.00. The summed E-state index contributed by atoms with van der Waals surface area (Å²) in [6.45, 7) is 4.20. The molecule has 0 saturated heterocycles. The number of hydrogen-bond donors (Lipinski definition) is 0. The molecule has 30 heavy (non-hydrogen) atoms. The van der Waals surface area contributed by atoms with E-state index in [2.05, 4.69) is 19.1 Å². The highest BCUT2D eigenvalue weighted by atomic mass is 16.5. The lowest BCUT2D eigenvalue weighted by Gasteiger charge is -2.29. The van der Waals surface area contributed by atoms with Crippen molar-refractivity contribution in [1.82, 2.24) is 0 Å². The molecule has 1 saturated carbocycles. The Hall–Kier alpha value is -2.09. The third kappa shape index (κ3) is 6.72. The fourth-order valence-electron chi connectivity index (χ4n) is 4.73. The van der Waals surface area contributed by atoms with Gasteiger partial charge in [0.25, 0.3) is 0 Å². The molecular weight excluding hydrogens is 368 g/mol. The minimum absolute atomic E-state index is 0.240. The van der Waals surface area contributed by atoms with Gasteiger partial charge in [-0.25, -0.2) is 4.79 Å². The molecule has 162 valence electrons. The first kappa shape index (κ1) is 22.6. The molecule has 0 aromatic heterocycles. The van der Waals surface area contributed by atoms with Crippen LogP contribution in [0.2, 0.25) is 0 Å². The molecule has 2 aromatic rings. The molecule has 0 spiro atoms. The number of benzene rings is 2. The average molecular weight is 407 g/mol. The summed E-state index contributed by atoms with van der Waals surface area (Å²) in [5.41, 5.74) is 3.04. The number of carbonyl (C=O) groups is 1. The van der Waals surface area contributed by atoms with E-state index in [0.717, 1.165) is 11.5 Å². The lowest BCUT2D eigenvalue weighted by Crippen LogP contribution is -2.14. The first-order valence-electron chi connectivity index (χ1n) is 12.0. The minimum Gasteiger partial charge on any atom is -0.454 e. The van der Waals surface area contributed by atoms with Crippen LogP contribution in [0.25, 0.3) is 0 Å². The van der Waals surface area contributed by atoms with Gasteiger partial charge >= 0.3 is 5.97 Å². The van der Waals surface area contributed by atoms with Crippen LogP contribution in [0.4, 0.5) is 0 Å². The zero-order valence-electron chi connectivity index (χ0n) is 18.8. The molecule has 2 nitrogen and oxygen atoms in total. The Bertz CT molecular complexity index is 742. The molecule has 2 aromatic carbocycles. The van der Waals surface area contributed by atoms with Crippen molar-refractivity contribution in [2.24, 2.45) is 5.92 Å². The number of hydrogen-bond acceptors (Lipinski definition) is 2. The standard InChI is InChI=1S/C28H38O2/c1-3-4-5-6-8-11-23-14-16-25(17-15-23)26-18-20-27(21-19-26)28(29)30-22(2)24-12-9-7-10-13-24/h7,9-10,12-13,18-23,25H,3-6,8,11,14-17H2,1-2H3/t22?,23-,25-. The number of unbranched alkanes of at least 4 members (excludes halogenated alkanes) is 4. The van der Waals surface area contributed by atoms with E-state index >= 15 is 0 Å². The topological polar surface area (TPSA) is 26.3 Å². The summed E-state index contributed by atoms with van der Waals surface area (Å²) in [4.78, 5) is 12.5. The molecule has 1 aliphatic carbocycles. The number of carbonyl (C=O) groups excluding carboxylic acids is 1. The van der Waals surface area contributed by atoms with Crippen LogP contribution in [-0.4, -0.2) is 5.97 Å². The van der Waals surface area contributed by atoms with Gasteiger partial charge in [0, 0.05) is 0 Å². The molecule has 0 amide bonds. The van der Waals surface area contributed by atoms with Gasteiger partial charge in [0.2, 0.25) is 0 Å². The van der Waals surface area contributed by atoms with Gasteiger partial charge in [-0.2, -0.15) is 0 Å². The summed E-state index contributed by atoms with van der Waals surface area (Å²) in [6, 6.07) is 18.0. The highest BCUT2D eigenvalue weighted by molar-refractivity contribution is 5.89. The molecular formula is C28H38O2. The maximum absolute atomic E-state index is 12.5. The van der Waals surface area contributed by atoms with Crippen LogP contribution < -0.4 is 0 Å². The Labute approximate surface area is 183 Å². The highest BCUT2D eigenvalue weighted by Gasteiger charge is 2.22. The van der Waals surface area contributed by atoms with E-state index in [0.29, 0.717) is 11.5 Å². The normalized spacial score (nSPS) is 19.9. The summed E-state index contributed by atoms with van der Waals surface area (Å²) in [7, 11) is 0. The molecule has 1 fully saturated rings. The van der Waals surface area contributed by atoms with E-state index in [1.807, 2.05) is 49.4 Å². The van der Waals surface area contributed by atoms with E-state index < -0.39 is 0 Å². The van der Waals surface area contributed by atoms with E-state index in [4.69, 9.17) is 4.74 Å². The summed E-state index contributed by atoms with van der Waals surface area (Å²) in [6.07, 6.45) is 13.4. The fraction of sp³-hybridized carbons (Fsp3) is 0.536. The monoisotopic (exact) mass is 406 g/mol. The molecule has 0 heterocycles. The second kappa shape index (κ2) is 11.9. The van der Waals surface area contributed by atoms with Gasteiger partial charge in [-0.3, -0.25) is 0 Å². The van der Waals surface area contributed by atoms with E-state index in [1.165, 1.54) is 69.8 Å². The lowest BCUT2D eigenvalue weighted by atomic mass is 9.77.